The summed E-state index contributed by atoms with van der Waals surface area (Å²) >= 11 is 0. The molecule has 0 saturated carbocycles. The monoisotopic (exact) mass is 428 g/mol. The normalized spacial score (nSPS) is 13.2. The van der Waals surface area contributed by atoms with Gasteiger partial charge >= 0.3 is 5.97 Å². The number of nitro benzene ring substituents is 1. The van der Waals surface area contributed by atoms with Crippen LogP contribution < -0.4 is 15.8 Å². The Labute approximate surface area is 177 Å². The third-order valence-electron chi connectivity index (χ3n) is 4.45. The quantitative estimate of drug-likeness (QED) is 0.395. The van der Waals surface area contributed by atoms with Gasteiger partial charge in [0.1, 0.15) is 5.69 Å². The van der Waals surface area contributed by atoms with E-state index in [1.54, 1.807) is 35.2 Å². The summed E-state index contributed by atoms with van der Waals surface area (Å²) < 4.78 is 10.1. The van der Waals surface area contributed by atoms with Crippen molar-refractivity contribution in [2.24, 2.45) is 0 Å². The summed E-state index contributed by atoms with van der Waals surface area (Å²) in [6, 6.07) is 12.2. The van der Waals surface area contributed by atoms with E-state index in [1.807, 2.05) is 0 Å². The minimum Gasteiger partial charge on any atom is -0.452 e. The molecule has 3 rings (SSSR count). The lowest BCUT2D eigenvalue weighted by atomic mass is 10.1. The summed E-state index contributed by atoms with van der Waals surface area (Å²) in [6.07, 6.45) is 0. The Balaban J connectivity index is 1.56. The van der Waals surface area contributed by atoms with Gasteiger partial charge in [-0.1, -0.05) is 18.2 Å². The Morgan fingerprint density at radius 3 is 2.42 bits per heavy atom. The van der Waals surface area contributed by atoms with Crippen LogP contribution in [-0.2, 0) is 14.3 Å². The van der Waals surface area contributed by atoms with Crippen LogP contribution in [0.5, 0.6) is 0 Å². The van der Waals surface area contributed by atoms with Crippen LogP contribution in [-0.4, -0.2) is 55.6 Å². The van der Waals surface area contributed by atoms with Crippen molar-refractivity contribution in [3.05, 3.63) is 69.8 Å². The number of esters is 1. The van der Waals surface area contributed by atoms with E-state index in [-0.39, 0.29) is 11.3 Å². The molecular weight excluding hydrogens is 408 g/mol. The van der Waals surface area contributed by atoms with E-state index in [1.165, 1.54) is 12.1 Å². The molecular formula is C20H20N4O7. The van der Waals surface area contributed by atoms with Crippen molar-refractivity contribution >= 4 is 29.2 Å². The first kappa shape index (κ1) is 21.7. The van der Waals surface area contributed by atoms with E-state index in [2.05, 4.69) is 10.9 Å². The zero-order valence-electron chi connectivity index (χ0n) is 16.4. The van der Waals surface area contributed by atoms with Crippen molar-refractivity contribution in [3.8, 4) is 0 Å². The molecule has 162 valence electrons. The van der Waals surface area contributed by atoms with Gasteiger partial charge in [-0.25, -0.2) is 4.79 Å². The molecule has 1 saturated heterocycles. The highest BCUT2D eigenvalue weighted by atomic mass is 16.6. The maximum atomic E-state index is 12.2. The molecule has 2 N–H and O–H groups in total. The SMILES string of the molecule is O=C(COC(=O)c1ccc(N2CCOCC2)c([N+](=O)[O-])c1)NNC(=O)c1ccccc1. The molecule has 1 aliphatic heterocycles. The van der Waals surface area contributed by atoms with Gasteiger partial charge in [0.2, 0.25) is 0 Å². The fourth-order valence-corrected chi connectivity index (χ4v) is 2.91. The summed E-state index contributed by atoms with van der Waals surface area (Å²) in [5.41, 5.74) is 4.74. The maximum Gasteiger partial charge on any atom is 0.338 e. The maximum absolute atomic E-state index is 12.2. The molecule has 0 radical (unpaired) electrons. The van der Waals surface area contributed by atoms with Gasteiger partial charge < -0.3 is 14.4 Å². The van der Waals surface area contributed by atoms with E-state index < -0.39 is 29.3 Å². The highest BCUT2D eigenvalue weighted by Crippen LogP contribution is 2.30. The lowest BCUT2D eigenvalue weighted by Gasteiger charge is -2.28. The summed E-state index contributed by atoms with van der Waals surface area (Å²) in [6.45, 7) is 1.24. The van der Waals surface area contributed by atoms with Crippen LogP contribution in [0.1, 0.15) is 20.7 Å². The molecule has 0 aromatic heterocycles. The predicted octanol–water partition coefficient (Wildman–Crippen LogP) is 1.05. The average molecular weight is 428 g/mol. The second-order valence-corrected chi connectivity index (χ2v) is 6.50. The Morgan fingerprint density at radius 2 is 1.74 bits per heavy atom. The third kappa shape index (κ3) is 5.76. The number of benzene rings is 2. The summed E-state index contributed by atoms with van der Waals surface area (Å²) in [5.74, 6) is -2.20. The number of carbonyl (C=O) groups is 3. The van der Waals surface area contributed by atoms with Gasteiger partial charge in [0, 0.05) is 24.7 Å². The molecule has 2 amide bonds. The van der Waals surface area contributed by atoms with Crippen LogP contribution in [0.2, 0.25) is 0 Å². The first-order valence-electron chi connectivity index (χ1n) is 9.38. The molecule has 0 unspecified atom stereocenters. The minimum absolute atomic E-state index is 0.0650. The molecule has 2 aromatic carbocycles. The summed E-state index contributed by atoms with van der Waals surface area (Å²) in [5, 5.41) is 11.5. The molecule has 2 aromatic rings. The first-order chi connectivity index (χ1) is 15.0. The second-order valence-electron chi connectivity index (χ2n) is 6.50. The molecule has 0 atom stereocenters. The summed E-state index contributed by atoms with van der Waals surface area (Å²) in [7, 11) is 0. The fraction of sp³-hybridized carbons (Fsp3) is 0.250. The van der Waals surface area contributed by atoms with Gasteiger partial charge in [-0.15, -0.1) is 0 Å². The molecule has 1 aliphatic rings. The molecule has 1 heterocycles. The second kappa shape index (κ2) is 10.2. The van der Waals surface area contributed by atoms with Crippen molar-refractivity contribution < 1.29 is 28.8 Å². The van der Waals surface area contributed by atoms with E-state index in [9.17, 15) is 24.5 Å². The number of rotatable bonds is 6. The van der Waals surface area contributed by atoms with Crippen molar-refractivity contribution in [1.29, 1.82) is 0 Å². The highest BCUT2D eigenvalue weighted by Gasteiger charge is 2.24. The number of hydrogen-bond donors (Lipinski definition) is 2. The Hall–Kier alpha value is -3.99. The third-order valence-corrected chi connectivity index (χ3v) is 4.45. The van der Waals surface area contributed by atoms with Gasteiger partial charge in [-0.3, -0.25) is 30.6 Å². The average Bonchev–Trinajstić information content (AvgIpc) is 2.81. The van der Waals surface area contributed by atoms with Crippen LogP contribution in [0.3, 0.4) is 0 Å². The van der Waals surface area contributed by atoms with Crippen LogP contribution in [0, 0.1) is 10.1 Å². The largest absolute Gasteiger partial charge is 0.452 e. The van der Waals surface area contributed by atoms with E-state index in [0.717, 1.165) is 6.07 Å². The zero-order valence-corrected chi connectivity index (χ0v) is 16.4. The predicted molar refractivity (Wildman–Crippen MR) is 108 cm³/mol. The smallest absolute Gasteiger partial charge is 0.338 e. The van der Waals surface area contributed by atoms with Gasteiger partial charge in [-0.05, 0) is 24.3 Å². The molecule has 31 heavy (non-hydrogen) atoms. The Kier molecular flexibility index (Phi) is 7.12. The molecule has 0 aliphatic carbocycles. The standard InChI is InChI=1S/C20H20N4O7/c25-18(21-22-19(26)14-4-2-1-3-5-14)13-31-20(27)15-6-7-16(17(12-15)24(28)29)23-8-10-30-11-9-23/h1-7,12H,8-11,13H2,(H,21,25)(H,22,26). The van der Waals surface area contributed by atoms with Crippen molar-refractivity contribution in [3.63, 3.8) is 0 Å². The first-order valence-corrected chi connectivity index (χ1v) is 9.38. The van der Waals surface area contributed by atoms with Gasteiger partial charge in [-0.2, -0.15) is 0 Å². The van der Waals surface area contributed by atoms with Crippen LogP contribution >= 0.6 is 0 Å². The van der Waals surface area contributed by atoms with Gasteiger partial charge in [0.25, 0.3) is 17.5 Å². The molecule has 1 fully saturated rings. The minimum atomic E-state index is -0.902. The lowest BCUT2D eigenvalue weighted by molar-refractivity contribution is -0.384. The number of hydrogen-bond acceptors (Lipinski definition) is 8. The number of nitrogens with zero attached hydrogens (tertiary/aromatic N) is 2. The van der Waals surface area contributed by atoms with Gasteiger partial charge in [0.05, 0.1) is 23.7 Å². The van der Waals surface area contributed by atoms with Crippen molar-refractivity contribution in [1.82, 2.24) is 10.9 Å². The molecule has 0 bridgehead atoms. The zero-order chi connectivity index (χ0) is 22.2. The number of ether oxygens (including phenoxy) is 2. The van der Waals surface area contributed by atoms with Crippen molar-refractivity contribution in [2.75, 3.05) is 37.8 Å². The van der Waals surface area contributed by atoms with Crippen LogP contribution in [0.4, 0.5) is 11.4 Å². The van der Waals surface area contributed by atoms with Gasteiger partial charge in [0.15, 0.2) is 6.61 Å². The molecule has 0 spiro atoms. The van der Waals surface area contributed by atoms with Crippen LogP contribution in [0.25, 0.3) is 0 Å². The van der Waals surface area contributed by atoms with Crippen molar-refractivity contribution in [2.45, 2.75) is 0 Å². The Morgan fingerprint density at radius 1 is 1.03 bits per heavy atom. The topological polar surface area (TPSA) is 140 Å². The number of carbonyl (C=O) groups excluding carboxylic acids is 3. The van der Waals surface area contributed by atoms with E-state index in [0.29, 0.717) is 37.6 Å². The number of morpholine rings is 1. The van der Waals surface area contributed by atoms with E-state index >= 15 is 0 Å². The molecule has 11 nitrogen and oxygen atoms in total. The number of nitro groups is 1. The number of hydrazine groups is 1. The highest BCUT2D eigenvalue weighted by molar-refractivity contribution is 5.96. The molecule has 11 heteroatoms. The fourth-order valence-electron chi connectivity index (χ4n) is 2.91. The van der Waals surface area contributed by atoms with E-state index in [4.69, 9.17) is 9.47 Å². The summed E-state index contributed by atoms with van der Waals surface area (Å²) in [4.78, 5) is 48.6. The number of anilines is 1. The lowest BCUT2D eigenvalue weighted by Crippen LogP contribution is -2.43. The number of nitrogens with one attached hydrogen (secondary N) is 2. The Bertz CT molecular complexity index is 975. The number of amides is 2. The van der Waals surface area contributed by atoms with Crippen LogP contribution in [0.15, 0.2) is 48.5 Å².